The normalized spacial score (nSPS) is 10.8. The Hall–Kier alpha value is -3.79. The number of benzene rings is 2. The molecule has 0 atom stereocenters. The minimum absolute atomic E-state index is 0.0360. The number of nitrogens with one attached hydrogen (secondary N) is 1. The van der Waals surface area contributed by atoms with E-state index >= 15 is 0 Å². The van der Waals surface area contributed by atoms with E-state index in [1.54, 1.807) is 24.3 Å². The quantitative estimate of drug-likeness (QED) is 0.173. The minimum Gasteiger partial charge on any atom is -0.489 e. The first kappa shape index (κ1) is 22.9. The lowest BCUT2D eigenvalue weighted by Crippen LogP contribution is -2.19. The van der Waals surface area contributed by atoms with Gasteiger partial charge in [0.1, 0.15) is 12.4 Å². The maximum absolute atomic E-state index is 12.0. The van der Waals surface area contributed by atoms with E-state index in [2.05, 4.69) is 20.5 Å². The number of ether oxygens (including phenoxy) is 1. The highest BCUT2D eigenvalue weighted by Gasteiger charge is 2.06. The van der Waals surface area contributed by atoms with E-state index in [1.165, 1.54) is 30.1 Å². The fraction of sp³-hybridized carbons (Fsp3) is 0.182. The van der Waals surface area contributed by atoms with Gasteiger partial charge in [0, 0.05) is 23.5 Å². The number of hydrazone groups is 1. The van der Waals surface area contributed by atoms with Gasteiger partial charge in [0.05, 0.1) is 16.9 Å². The van der Waals surface area contributed by atoms with Gasteiger partial charge in [-0.05, 0) is 55.3 Å². The molecule has 0 unspecified atom stereocenters. The number of carbonyl (C=O) groups is 1. The number of aromatic nitrogens is 2. The fourth-order valence-corrected chi connectivity index (χ4v) is 3.41. The summed E-state index contributed by atoms with van der Waals surface area (Å²) in [5, 5.41) is 15.2. The van der Waals surface area contributed by atoms with E-state index in [0.717, 1.165) is 22.5 Å². The van der Waals surface area contributed by atoms with Gasteiger partial charge >= 0.3 is 0 Å². The van der Waals surface area contributed by atoms with Crippen molar-refractivity contribution in [3.8, 4) is 5.75 Å². The fourth-order valence-electron chi connectivity index (χ4n) is 2.66. The zero-order valence-electron chi connectivity index (χ0n) is 17.5. The molecule has 1 heterocycles. The number of nitrogens with zero attached hydrogens (tertiary/aromatic N) is 4. The van der Waals surface area contributed by atoms with E-state index in [9.17, 15) is 14.9 Å². The highest BCUT2D eigenvalue weighted by atomic mass is 32.2. The van der Waals surface area contributed by atoms with Gasteiger partial charge in [-0.15, -0.1) is 0 Å². The standard InChI is InChI=1S/C22H21N5O4S/c1-15-10-16(2)25-22(24-15)32-14-21(28)26-23-12-18-4-3-5-20(11-18)31-13-17-6-8-19(9-7-17)27(29)30/h3-12H,13-14H2,1-2H3,(H,26,28)/b23-12-. The van der Waals surface area contributed by atoms with Crippen LogP contribution in [0.4, 0.5) is 5.69 Å². The molecule has 3 aromatic rings. The second-order valence-electron chi connectivity index (χ2n) is 6.80. The summed E-state index contributed by atoms with van der Waals surface area (Å²) < 4.78 is 5.73. The van der Waals surface area contributed by atoms with E-state index in [4.69, 9.17) is 4.74 Å². The van der Waals surface area contributed by atoms with Crippen LogP contribution in [0.15, 0.2) is 64.9 Å². The van der Waals surface area contributed by atoms with E-state index in [-0.39, 0.29) is 24.0 Å². The summed E-state index contributed by atoms with van der Waals surface area (Å²) in [5.74, 6) is 0.499. The predicted molar refractivity (Wildman–Crippen MR) is 122 cm³/mol. The summed E-state index contributed by atoms with van der Waals surface area (Å²) in [6.45, 7) is 4.03. The van der Waals surface area contributed by atoms with Gasteiger partial charge in [-0.2, -0.15) is 5.10 Å². The van der Waals surface area contributed by atoms with Crippen molar-refractivity contribution < 1.29 is 14.5 Å². The minimum atomic E-state index is -0.442. The number of hydrogen-bond donors (Lipinski definition) is 1. The molecule has 10 heteroatoms. The first-order valence-electron chi connectivity index (χ1n) is 9.62. The molecule has 1 amide bonds. The molecule has 3 rings (SSSR count). The Morgan fingerprint density at radius 3 is 2.56 bits per heavy atom. The molecule has 1 N–H and O–H groups in total. The zero-order chi connectivity index (χ0) is 22.9. The molecule has 32 heavy (non-hydrogen) atoms. The average Bonchev–Trinajstić information content (AvgIpc) is 2.76. The average molecular weight is 452 g/mol. The van der Waals surface area contributed by atoms with Crippen molar-refractivity contribution in [2.45, 2.75) is 25.6 Å². The molecule has 0 aliphatic rings. The highest BCUT2D eigenvalue weighted by Crippen LogP contribution is 2.17. The van der Waals surface area contributed by atoms with Crippen LogP contribution in [0.2, 0.25) is 0 Å². The largest absolute Gasteiger partial charge is 0.489 e. The van der Waals surface area contributed by atoms with Crippen LogP contribution >= 0.6 is 11.8 Å². The Morgan fingerprint density at radius 2 is 1.88 bits per heavy atom. The van der Waals surface area contributed by atoms with Gasteiger partial charge in [-0.1, -0.05) is 23.9 Å². The molecule has 164 valence electrons. The number of thioether (sulfide) groups is 1. The maximum Gasteiger partial charge on any atom is 0.269 e. The smallest absolute Gasteiger partial charge is 0.269 e. The lowest BCUT2D eigenvalue weighted by atomic mass is 10.2. The first-order chi connectivity index (χ1) is 15.4. The maximum atomic E-state index is 12.0. The lowest BCUT2D eigenvalue weighted by Gasteiger charge is -2.07. The van der Waals surface area contributed by atoms with Crippen molar-refractivity contribution in [3.05, 3.63) is 87.2 Å². The number of nitro groups is 1. The Bertz CT molecular complexity index is 1120. The SMILES string of the molecule is Cc1cc(C)nc(SCC(=O)N/N=C\c2cccc(OCc3ccc([N+](=O)[O-])cc3)c2)n1. The molecule has 2 aromatic carbocycles. The first-order valence-corrected chi connectivity index (χ1v) is 10.6. The molecule has 0 aliphatic carbocycles. The van der Waals surface area contributed by atoms with E-state index in [1.807, 2.05) is 32.0 Å². The molecular weight excluding hydrogens is 430 g/mol. The number of carbonyl (C=O) groups excluding carboxylic acids is 1. The molecule has 9 nitrogen and oxygen atoms in total. The van der Waals surface area contributed by atoms with Crippen LogP contribution in [0.3, 0.4) is 0 Å². The molecule has 0 fully saturated rings. The number of rotatable bonds is 9. The van der Waals surface area contributed by atoms with Crippen LogP contribution in [0.5, 0.6) is 5.75 Å². The molecule has 0 saturated heterocycles. The summed E-state index contributed by atoms with van der Waals surface area (Å²) in [5.41, 5.74) is 5.79. The summed E-state index contributed by atoms with van der Waals surface area (Å²) in [4.78, 5) is 30.8. The summed E-state index contributed by atoms with van der Waals surface area (Å²) >= 11 is 1.25. The second kappa shape index (κ2) is 11.0. The Morgan fingerprint density at radius 1 is 1.16 bits per heavy atom. The Balaban J connectivity index is 1.48. The van der Waals surface area contributed by atoms with Crippen molar-refractivity contribution >= 4 is 29.6 Å². The predicted octanol–water partition coefficient (Wildman–Crippen LogP) is 3.82. The van der Waals surface area contributed by atoms with Gasteiger partial charge in [0.15, 0.2) is 5.16 Å². The topological polar surface area (TPSA) is 120 Å². The van der Waals surface area contributed by atoms with Crippen LogP contribution in [-0.2, 0) is 11.4 Å². The summed E-state index contributed by atoms with van der Waals surface area (Å²) in [6, 6.07) is 15.3. The van der Waals surface area contributed by atoms with Gasteiger partial charge in [-0.3, -0.25) is 14.9 Å². The van der Waals surface area contributed by atoms with Gasteiger partial charge in [-0.25, -0.2) is 15.4 Å². The number of nitro benzene ring substituents is 1. The number of aryl methyl sites for hydroxylation is 2. The number of amides is 1. The third-order valence-electron chi connectivity index (χ3n) is 4.11. The lowest BCUT2D eigenvalue weighted by molar-refractivity contribution is -0.384. The van der Waals surface area contributed by atoms with Crippen LogP contribution < -0.4 is 10.2 Å². The van der Waals surface area contributed by atoms with Crippen LogP contribution in [0.1, 0.15) is 22.5 Å². The van der Waals surface area contributed by atoms with Gasteiger partial charge in [0.2, 0.25) is 0 Å². The molecule has 0 bridgehead atoms. The molecule has 1 aromatic heterocycles. The van der Waals surface area contributed by atoms with Crippen molar-refractivity contribution in [2.24, 2.45) is 5.10 Å². The third kappa shape index (κ3) is 7.17. The molecular formula is C22H21N5O4S. The highest BCUT2D eigenvalue weighted by molar-refractivity contribution is 7.99. The zero-order valence-corrected chi connectivity index (χ0v) is 18.3. The Labute approximate surface area is 189 Å². The molecule has 0 radical (unpaired) electrons. The van der Waals surface area contributed by atoms with Crippen molar-refractivity contribution in [3.63, 3.8) is 0 Å². The number of hydrogen-bond acceptors (Lipinski definition) is 8. The second-order valence-corrected chi connectivity index (χ2v) is 7.74. The van der Waals surface area contributed by atoms with E-state index in [0.29, 0.717) is 10.9 Å². The summed E-state index contributed by atoms with van der Waals surface area (Å²) in [6.07, 6.45) is 1.52. The number of non-ortho nitro benzene ring substituents is 1. The monoisotopic (exact) mass is 451 g/mol. The van der Waals surface area contributed by atoms with Crippen molar-refractivity contribution in [1.29, 1.82) is 0 Å². The molecule has 0 aliphatic heterocycles. The van der Waals surface area contributed by atoms with Crippen molar-refractivity contribution in [2.75, 3.05) is 5.75 Å². The van der Waals surface area contributed by atoms with E-state index < -0.39 is 4.92 Å². The van der Waals surface area contributed by atoms with Crippen LogP contribution in [-0.4, -0.2) is 32.8 Å². The van der Waals surface area contributed by atoms with Crippen LogP contribution in [0.25, 0.3) is 0 Å². The van der Waals surface area contributed by atoms with Gasteiger partial charge in [0.25, 0.3) is 11.6 Å². The summed E-state index contributed by atoms with van der Waals surface area (Å²) in [7, 11) is 0. The van der Waals surface area contributed by atoms with Crippen molar-refractivity contribution in [1.82, 2.24) is 15.4 Å². The van der Waals surface area contributed by atoms with Crippen LogP contribution in [0, 0.1) is 24.0 Å². The van der Waals surface area contributed by atoms with Gasteiger partial charge < -0.3 is 4.74 Å². The third-order valence-corrected chi connectivity index (χ3v) is 4.96. The molecule has 0 spiro atoms. The Kier molecular flexibility index (Phi) is 7.87. The molecule has 0 saturated carbocycles.